The van der Waals surface area contributed by atoms with Crippen LogP contribution in [0, 0.1) is 0 Å². The summed E-state index contributed by atoms with van der Waals surface area (Å²) in [7, 11) is 0. The summed E-state index contributed by atoms with van der Waals surface area (Å²) < 4.78 is 4.55. The lowest BCUT2D eigenvalue weighted by molar-refractivity contribution is -0.157. The fraction of sp³-hybridized carbons (Fsp3) is 0.833. The summed E-state index contributed by atoms with van der Waals surface area (Å²) in [6.45, 7) is 3.13. The summed E-state index contributed by atoms with van der Waals surface area (Å²) in [6.07, 6.45) is -1.13. The molecule has 0 aromatic heterocycles. The van der Waals surface area contributed by atoms with E-state index in [2.05, 4.69) is 4.74 Å². The minimum atomic E-state index is -1.09. The van der Waals surface area contributed by atoms with Crippen molar-refractivity contribution < 1.29 is 14.6 Å². The molecule has 4 nitrogen and oxygen atoms in total. The molecule has 60 valence electrons. The van der Waals surface area contributed by atoms with Gasteiger partial charge in [-0.1, -0.05) is 6.92 Å². The van der Waals surface area contributed by atoms with Crippen LogP contribution in [0.1, 0.15) is 20.3 Å². The molecule has 0 spiro atoms. The van der Waals surface area contributed by atoms with Gasteiger partial charge in [0.15, 0.2) is 6.23 Å². The van der Waals surface area contributed by atoms with E-state index in [1.807, 2.05) is 0 Å². The van der Waals surface area contributed by atoms with Gasteiger partial charge in [0.2, 0.25) is 0 Å². The Labute approximate surface area is 60.0 Å². The standard InChI is InChI=1S/C6H13NO3/c1-3-5(7)10-6(9)4(2)8/h4-5,8H,3,7H2,1-2H3. The molecule has 0 bridgehead atoms. The monoisotopic (exact) mass is 147 g/mol. The SMILES string of the molecule is CCC(N)OC(=O)C(C)O. The van der Waals surface area contributed by atoms with Crippen molar-refractivity contribution in [2.75, 3.05) is 0 Å². The molecule has 0 aliphatic rings. The average Bonchev–Trinajstić information content (AvgIpc) is 1.87. The second-order valence-corrected chi connectivity index (χ2v) is 2.06. The first-order chi connectivity index (χ1) is 4.57. The molecule has 2 unspecified atom stereocenters. The van der Waals surface area contributed by atoms with Crippen LogP contribution in [0.3, 0.4) is 0 Å². The summed E-state index contributed by atoms with van der Waals surface area (Å²) >= 11 is 0. The zero-order valence-corrected chi connectivity index (χ0v) is 6.20. The van der Waals surface area contributed by atoms with Crippen molar-refractivity contribution in [2.45, 2.75) is 32.6 Å². The second kappa shape index (κ2) is 4.24. The lowest BCUT2D eigenvalue weighted by Crippen LogP contribution is -2.31. The van der Waals surface area contributed by atoms with E-state index in [9.17, 15) is 4.79 Å². The van der Waals surface area contributed by atoms with E-state index in [1.165, 1.54) is 6.92 Å². The van der Waals surface area contributed by atoms with Gasteiger partial charge in [0, 0.05) is 0 Å². The number of hydrogen-bond donors (Lipinski definition) is 2. The van der Waals surface area contributed by atoms with Crippen LogP contribution in [0.2, 0.25) is 0 Å². The average molecular weight is 147 g/mol. The van der Waals surface area contributed by atoms with Gasteiger partial charge in [0.1, 0.15) is 6.10 Å². The molecule has 0 fully saturated rings. The summed E-state index contributed by atoms with van der Waals surface area (Å²) in [5, 5.41) is 8.64. The third-order valence-electron chi connectivity index (χ3n) is 1.01. The Balaban J connectivity index is 3.57. The summed E-state index contributed by atoms with van der Waals surface area (Å²) in [6, 6.07) is 0. The second-order valence-electron chi connectivity index (χ2n) is 2.06. The van der Waals surface area contributed by atoms with Crippen LogP contribution in [0.15, 0.2) is 0 Å². The highest BCUT2D eigenvalue weighted by Gasteiger charge is 2.12. The minimum absolute atomic E-state index is 0.554. The molecular formula is C6H13NO3. The van der Waals surface area contributed by atoms with Crippen molar-refractivity contribution in [1.82, 2.24) is 0 Å². The van der Waals surface area contributed by atoms with Gasteiger partial charge in [-0.2, -0.15) is 0 Å². The maximum atomic E-state index is 10.6. The van der Waals surface area contributed by atoms with Gasteiger partial charge in [-0.05, 0) is 13.3 Å². The van der Waals surface area contributed by atoms with Crippen molar-refractivity contribution in [3.05, 3.63) is 0 Å². The molecule has 0 amide bonds. The smallest absolute Gasteiger partial charge is 0.336 e. The number of aliphatic hydroxyl groups excluding tert-OH is 1. The molecule has 0 rings (SSSR count). The first-order valence-corrected chi connectivity index (χ1v) is 3.22. The van der Waals surface area contributed by atoms with Crippen molar-refractivity contribution >= 4 is 5.97 Å². The fourth-order valence-corrected chi connectivity index (χ4v) is 0.331. The predicted molar refractivity (Wildman–Crippen MR) is 36.0 cm³/mol. The van der Waals surface area contributed by atoms with Gasteiger partial charge >= 0.3 is 5.97 Å². The predicted octanol–water partition coefficient (Wildman–Crippen LogP) is -0.395. The Morgan fingerprint density at radius 1 is 1.80 bits per heavy atom. The Hall–Kier alpha value is -0.610. The van der Waals surface area contributed by atoms with E-state index < -0.39 is 18.3 Å². The van der Waals surface area contributed by atoms with Gasteiger partial charge in [-0.25, -0.2) is 4.79 Å². The van der Waals surface area contributed by atoms with Crippen LogP contribution in [0.25, 0.3) is 0 Å². The van der Waals surface area contributed by atoms with E-state index in [1.54, 1.807) is 6.92 Å². The first kappa shape index (κ1) is 9.39. The Bertz CT molecular complexity index is 114. The maximum absolute atomic E-state index is 10.6. The zero-order chi connectivity index (χ0) is 8.15. The van der Waals surface area contributed by atoms with Crippen LogP contribution in [-0.2, 0) is 9.53 Å². The molecule has 0 heterocycles. The molecule has 0 saturated heterocycles. The van der Waals surface area contributed by atoms with Gasteiger partial charge in [0.25, 0.3) is 0 Å². The largest absolute Gasteiger partial charge is 0.445 e. The lowest BCUT2D eigenvalue weighted by Gasteiger charge is -2.11. The third-order valence-corrected chi connectivity index (χ3v) is 1.01. The summed E-state index contributed by atoms with van der Waals surface area (Å²) in [5.74, 6) is -0.672. The lowest BCUT2D eigenvalue weighted by atomic mass is 10.4. The molecule has 0 aliphatic carbocycles. The first-order valence-electron chi connectivity index (χ1n) is 3.22. The van der Waals surface area contributed by atoms with E-state index in [0.29, 0.717) is 6.42 Å². The van der Waals surface area contributed by atoms with E-state index in [0.717, 1.165) is 0 Å². The molecule has 3 N–H and O–H groups in total. The van der Waals surface area contributed by atoms with E-state index in [4.69, 9.17) is 10.8 Å². The third kappa shape index (κ3) is 3.42. The molecule has 0 aromatic rings. The molecule has 0 aliphatic heterocycles. The van der Waals surface area contributed by atoms with Crippen molar-refractivity contribution in [3.63, 3.8) is 0 Å². The zero-order valence-electron chi connectivity index (χ0n) is 6.20. The molecule has 2 atom stereocenters. The number of carbonyl (C=O) groups is 1. The molecule has 0 aromatic carbocycles. The highest BCUT2D eigenvalue weighted by Crippen LogP contribution is 1.93. The van der Waals surface area contributed by atoms with Crippen LogP contribution in [0.5, 0.6) is 0 Å². The van der Waals surface area contributed by atoms with Gasteiger partial charge in [-0.15, -0.1) is 0 Å². The molecule has 0 radical (unpaired) electrons. The van der Waals surface area contributed by atoms with Crippen LogP contribution < -0.4 is 5.73 Å². The van der Waals surface area contributed by atoms with Gasteiger partial charge in [-0.3, -0.25) is 5.73 Å². The number of aliphatic hydroxyl groups is 1. The topological polar surface area (TPSA) is 72.5 Å². The number of nitrogens with two attached hydrogens (primary N) is 1. The minimum Gasteiger partial charge on any atom is -0.445 e. The maximum Gasteiger partial charge on any atom is 0.336 e. The number of ether oxygens (including phenoxy) is 1. The number of esters is 1. The molecular weight excluding hydrogens is 134 g/mol. The van der Waals surface area contributed by atoms with Crippen LogP contribution >= 0.6 is 0 Å². The van der Waals surface area contributed by atoms with E-state index in [-0.39, 0.29) is 0 Å². The highest BCUT2D eigenvalue weighted by atomic mass is 16.6. The van der Waals surface area contributed by atoms with E-state index >= 15 is 0 Å². The Morgan fingerprint density at radius 3 is 2.60 bits per heavy atom. The van der Waals surface area contributed by atoms with Crippen molar-refractivity contribution in [1.29, 1.82) is 0 Å². The van der Waals surface area contributed by atoms with Crippen LogP contribution in [0.4, 0.5) is 0 Å². The molecule has 0 saturated carbocycles. The van der Waals surface area contributed by atoms with Crippen LogP contribution in [-0.4, -0.2) is 23.4 Å². The Kier molecular flexibility index (Phi) is 3.99. The fourth-order valence-electron chi connectivity index (χ4n) is 0.331. The highest BCUT2D eigenvalue weighted by molar-refractivity contribution is 5.73. The molecule has 4 heteroatoms. The van der Waals surface area contributed by atoms with Crippen molar-refractivity contribution in [3.8, 4) is 0 Å². The van der Waals surface area contributed by atoms with Crippen molar-refractivity contribution in [2.24, 2.45) is 5.73 Å². The van der Waals surface area contributed by atoms with Gasteiger partial charge < -0.3 is 9.84 Å². The number of hydrogen-bond acceptors (Lipinski definition) is 4. The number of rotatable bonds is 3. The summed E-state index contributed by atoms with van der Waals surface area (Å²) in [5.41, 5.74) is 5.26. The summed E-state index contributed by atoms with van der Waals surface area (Å²) in [4.78, 5) is 10.6. The molecule has 10 heavy (non-hydrogen) atoms. The quantitative estimate of drug-likeness (QED) is 0.421. The van der Waals surface area contributed by atoms with Gasteiger partial charge in [0.05, 0.1) is 0 Å². The Morgan fingerprint density at radius 2 is 2.30 bits per heavy atom. The normalized spacial score (nSPS) is 16.0. The number of carbonyl (C=O) groups excluding carboxylic acids is 1.